The van der Waals surface area contributed by atoms with E-state index >= 15 is 0 Å². The number of methoxy groups -OCH3 is 1. The van der Waals surface area contributed by atoms with Gasteiger partial charge in [0.2, 0.25) is 0 Å². The first-order valence-electron chi connectivity index (χ1n) is 7.93. The van der Waals surface area contributed by atoms with Gasteiger partial charge in [-0.2, -0.15) is 0 Å². The molecule has 0 saturated carbocycles. The van der Waals surface area contributed by atoms with Crippen LogP contribution in [0.3, 0.4) is 0 Å². The average molecular weight is 381 g/mol. The molecule has 0 atom stereocenters. The number of hydrogen-bond acceptors (Lipinski definition) is 6. The van der Waals surface area contributed by atoms with Crippen LogP contribution in [0.25, 0.3) is 15.9 Å². The van der Waals surface area contributed by atoms with E-state index in [2.05, 4.69) is 4.98 Å². The lowest BCUT2D eigenvalue weighted by atomic mass is 10.3. The smallest absolute Gasteiger partial charge is 0.276 e. The summed E-state index contributed by atoms with van der Waals surface area (Å²) in [6, 6.07) is 15.1. The number of hydrogen-bond donors (Lipinski definition) is 0. The molecule has 130 valence electrons. The Balaban J connectivity index is 1.83. The monoisotopic (exact) mass is 381 g/mol. The molecule has 0 spiro atoms. The number of benzene rings is 1. The van der Waals surface area contributed by atoms with Gasteiger partial charge in [0.1, 0.15) is 10.4 Å². The minimum Gasteiger partial charge on any atom is -0.497 e. The van der Waals surface area contributed by atoms with Crippen molar-refractivity contribution in [1.29, 1.82) is 0 Å². The Kier molecular flexibility index (Phi) is 4.73. The Morgan fingerprint density at radius 2 is 2.12 bits per heavy atom. The topological polar surface area (TPSA) is 57.0 Å². The zero-order valence-corrected chi connectivity index (χ0v) is 15.6. The molecule has 5 nitrogen and oxygen atoms in total. The molecule has 1 aromatic carbocycles. The van der Waals surface area contributed by atoms with Crippen molar-refractivity contribution in [2.45, 2.75) is 10.9 Å². The van der Waals surface area contributed by atoms with Crippen molar-refractivity contribution in [3.05, 3.63) is 76.2 Å². The molecule has 0 aliphatic rings. The molecular formula is C19H15N3O2S2. The molecule has 0 fully saturated rings. The van der Waals surface area contributed by atoms with E-state index in [1.54, 1.807) is 17.9 Å². The summed E-state index contributed by atoms with van der Waals surface area (Å²) < 4.78 is 7.60. The van der Waals surface area contributed by atoms with Gasteiger partial charge in [-0.05, 0) is 35.7 Å². The molecule has 0 N–H and O–H groups in total. The summed E-state index contributed by atoms with van der Waals surface area (Å²) in [7, 11) is 1.61. The van der Waals surface area contributed by atoms with Crippen LogP contribution >= 0.6 is 23.1 Å². The number of thioether (sulfide) groups is 1. The zero-order valence-electron chi connectivity index (χ0n) is 14.0. The van der Waals surface area contributed by atoms with Crippen LogP contribution in [0.2, 0.25) is 0 Å². The summed E-state index contributed by atoms with van der Waals surface area (Å²) in [5.74, 6) is 1.33. The Morgan fingerprint density at radius 1 is 1.19 bits per heavy atom. The molecule has 0 bridgehead atoms. The fourth-order valence-corrected chi connectivity index (χ4v) is 4.28. The van der Waals surface area contributed by atoms with Crippen LogP contribution in [0.4, 0.5) is 0 Å². The van der Waals surface area contributed by atoms with Crippen LogP contribution in [0, 0.1) is 0 Å². The number of rotatable bonds is 5. The second-order valence-corrected chi connectivity index (χ2v) is 7.34. The molecule has 4 rings (SSSR count). The summed E-state index contributed by atoms with van der Waals surface area (Å²) in [4.78, 5) is 22.1. The standard InChI is InChI=1S/C19H15N3O2S2/c1-24-15-7-4-6-14(11-15)22-18(23)17-16(8-10-25-17)21-19(22)26-12-13-5-2-3-9-20-13/h2-11H,12H2,1H3. The van der Waals surface area contributed by atoms with Gasteiger partial charge in [-0.25, -0.2) is 4.98 Å². The van der Waals surface area contributed by atoms with Gasteiger partial charge in [0.25, 0.3) is 5.56 Å². The lowest BCUT2D eigenvalue weighted by Crippen LogP contribution is -2.20. The van der Waals surface area contributed by atoms with Crippen molar-refractivity contribution in [1.82, 2.24) is 14.5 Å². The molecular weight excluding hydrogens is 366 g/mol. The number of aromatic nitrogens is 3. The highest BCUT2D eigenvalue weighted by Crippen LogP contribution is 2.26. The number of nitrogens with zero attached hydrogens (tertiary/aromatic N) is 3. The van der Waals surface area contributed by atoms with Gasteiger partial charge in [-0.15, -0.1) is 11.3 Å². The maximum atomic E-state index is 13.1. The van der Waals surface area contributed by atoms with E-state index in [1.165, 1.54) is 23.1 Å². The van der Waals surface area contributed by atoms with E-state index in [4.69, 9.17) is 9.72 Å². The Labute approximate surface area is 158 Å². The lowest BCUT2D eigenvalue weighted by molar-refractivity contribution is 0.414. The first-order valence-corrected chi connectivity index (χ1v) is 9.80. The second kappa shape index (κ2) is 7.31. The van der Waals surface area contributed by atoms with Crippen LogP contribution in [-0.2, 0) is 5.75 Å². The van der Waals surface area contributed by atoms with Gasteiger partial charge in [-0.1, -0.05) is 23.9 Å². The lowest BCUT2D eigenvalue weighted by Gasteiger charge is -2.12. The van der Waals surface area contributed by atoms with Crippen LogP contribution in [0.15, 0.2) is 70.1 Å². The molecule has 0 amide bonds. The van der Waals surface area contributed by atoms with Gasteiger partial charge in [0.15, 0.2) is 5.16 Å². The molecule has 0 saturated heterocycles. The highest BCUT2D eigenvalue weighted by Gasteiger charge is 2.15. The predicted molar refractivity (Wildman–Crippen MR) is 106 cm³/mol. The SMILES string of the molecule is COc1cccc(-n2c(SCc3ccccn3)nc3ccsc3c2=O)c1. The first-order chi connectivity index (χ1) is 12.8. The molecule has 3 aromatic heterocycles. The van der Waals surface area contributed by atoms with E-state index in [0.29, 0.717) is 21.4 Å². The molecule has 0 aliphatic heterocycles. The molecule has 0 unspecified atom stereocenters. The summed E-state index contributed by atoms with van der Waals surface area (Å²) >= 11 is 2.90. The molecule has 4 aromatic rings. The molecule has 7 heteroatoms. The molecule has 26 heavy (non-hydrogen) atoms. The Bertz CT molecular complexity index is 1110. The third kappa shape index (κ3) is 3.23. The van der Waals surface area contributed by atoms with Crippen molar-refractivity contribution in [3.8, 4) is 11.4 Å². The summed E-state index contributed by atoms with van der Waals surface area (Å²) in [5.41, 5.74) is 2.33. The van der Waals surface area contributed by atoms with E-state index < -0.39 is 0 Å². The average Bonchev–Trinajstić information content (AvgIpc) is 3.16. The normalized spacial score (nSPS) is 11.0. The van der Waals surface area contributed by atoms with E-state index in [-0.39, 0.29) is 5.56 Å². The van der Waals surface area contributed by atoms with E-state index in [1.807, 2.05) is 53.9 Å². The fourth-order valence-electron chi connectivity index (χ4n) is 2.59. The van der Waals surface area contributed by atoms with Crippen molar-refractivity contribution < 1.29 is 4.74 Å². The van der Waals surface area contributed by atoms with Gasteiger partial charge >= 0.3 is 0 Å². The largest absolute Gasteiger partial charge is 0.497 e. The predicted octanol–water partition coefficient (Wildman–Crippen LogP) is 4.14. The van der Waals surface area contributed by atoms with E-state index in [9.17, 15) is 4.79 Å². The molecule has 0 aliphatic carbocycles. The van der Waals surface area contributed by atoms with Crippen LogP contribution in [-0.4, -0.2) is 21.6 Å². The van der Waals surface area contributed by atoms with Crippen LogP contribution in [0.1, 0.15) is 5.69 Å². The second-order valence-electron chi connectivity index (χ2n) is 5.48. The summed E-state index contributed by atoms with van der Waals surface area (Å²) in [6.45, 7) is 0. The maximum absolute atomic E-state index is 13.1. The van der Waals surface area contributed by atoms with Crippen LogP contribution < -0.4 is 10.3 Å². The highest BCUT2D eigenvalue weighted by atomic mass is 32.2. The van der Waals surface area contributed by atoms with Crippen molar-refractivity contribution in [2.24, 2.45) is 0 Å². The highest BCUT2D eigenvalue weighted by molar-refractivity contribution is 7.98. The Hall–Kier alpha value is -2.64. The zero-order chi connectivity index (χ0) is 17.9. The minimum atomic E-state index is -0.0678. The minimum absolute atomic E-state index is 0.0678. The number of ether oxygens (including phenoxy) is 1. The Morgan fingerprint density at radius 3 is 2.92 bits per heavy atom. The van der Waals surface area contributed by atoms with Gasteiger partial charge in [0.05, 0.1) is 24.0 Å². The molecule has 0 radical (unpaired) electrons. The third-order valence-electron chi connectivity index (χ3n) is 3.84. The van der Waals surface area contributed by atoms with Gasteiger partial charge < -0.3 is 4.74 Å². The summed E-state index contributed by atoms with van der Waals surface area (Å²) in [6.07, 6.45) is 1.76. The van der Waals surface area contributed by atoms with Gasteiger partial charge in [0, 0.05) is 18.0 Å². The fraction of sp³-hybridized carbons (Fsp3) is 0.105. The number of pyridine rings is 1. The van der Waals surface area contributed by atoms with Crippen LogP contribution in [0.5, 0.6) is 5.75 Å². The van der Waals surface area contributed by atoms with Crippen molar-refractivity contribution in [3.63, 3.8) is 0 Å². The maximum Gasteiger partial charge on any atom is 0.276 e. The number of thiophene rings is 1. The molecule has 3 heterocycles. The van der Waals surface area contributed by atoms with Crippen molar-refractivity contribution >= 4 is 33.3 Å². The summed E-state index contributed by atoms with van der Waals surface area (Å²) in [5, 5.41) is 2.53. The quantitative estimate of drug-likeness (QED) is 0.384. The van der Waals surface area contributed by atoms with Crippen molar-refractivity contribution in [2.75, 3.05) is 7.11 Å². The van der Waals surface area contributed by atoms with Gasteiger partial charge in [-0.3, -0.25) is 14.3 Å². The van der Waals surface area contributed by atoms with E-state index in [0.717, 1.165) is 16.9 Å². The first kappa shape index (κ1) is 16.8. The number of fused-ring (bicyclic) bond motifs is 1. The third-order valence-corrected chi connectivity index (χ3v) is 5.70.